The van der Waals surface area contributed by atoms with Crippen LogP contribution in [-0.2, 0) is 9.47 Å². The molecule has 2 rings (SSSR count). The van der Waals surface area contributed by atoms with Gasteiger partial charge in [0.1, 0.15) is 0 Å². The number of anilines is 1. The maximum absolute atomic E-state index is 5.43. The predicted octanol–water partition coefficient (Wildman–Crippen LogP) is 1.60. The van der Waals surface area contributed by atoms with Crippen molar-refractivity contribution in [3.8, 4) is 0 Å². The molecule has 1 saturated heterocycles. The Morgan fingerprint density at radius 3 is 3.18 bits per heavy atom. The lowest BCUT2D eigenvalue weighted by Crippen LogP contribution is -2.24. The van der Waals surface area contributed by atoms with Crippen molar-refractivity contribution in [2.24, 2.45) is 0 Å². The predicted molar refractivity (Wildman–Crippen MR) is 66.4 cm³/mol. The summed E-state index contributed by atoms with van der Waals surface area (Å²) in [6.45, 7) is 6.40. The highest BCUT2D eigenvalue weighted by molar-refractivity contribution is 5.31. The highest BCUT2D eigenvalue weighted by Gasteiger charge is 2.21. The molecule has 0 bridgehead atoms. The van der Waals surface area contributed by atoms with Gasteiger partial charge in [-0.25, -0.2) is 4.98 Å². The molecule has 2 atom stereocenters. The van der Waals surface area contributed by atoms with Gasteiger partial charge in [-0.1, -0.05) is 0 Å². The van der Waals surface area contributed by atoms with Gasteiger partial charge in [0.25, 0.3) is 0 Å². The number of hydrogen-bond donors (Lipinski definition) is 1. The fraction of sp³-hybridized carbons (Fsp3) is 0.750. The summed E-state index contributed by atoms with van der Waals surface area (Å²) in [6.07, 6.45) is 3.14. The molecular weight excluding hydrogens is 218 g/mol. The Morgan fingerprint density at radius 2 is 2.53 bits per heavy atom. The zero-order chi connectivity index (χ0) is 12.3. The number of methoxy groups -OCH3 is 1. The molecule has 0 spiro atoms. The van der Waals surface area contributed by atoms with Crippen LogP contribution in [0.15, 0.2) is 6.20 Å². The monoisotopic (exact) mass is 239 g/mol. The van der Waals surface area contributed by atoms with Crippen molar-refractivity contribution in [3.63, 3.8) is 0 Å². The van der Waals surface area contributed by atoms with E-state index in [1.807, 2.05) is 6.92 Å². The van der Waals surface area contributed by atoms with Crippen LogP contribution >= 0.6 is 0 Å². The summed E-state index contributed by atoms with van der Waals surface area (Å²) in [6, 6.07) is 0.663. The van der Waals surface area contributed by atoms with E-state index < -0.39 is 0 Å². The summed E-state index contributed by atoms with van der Waals surface area (Å²) in [5, 5.41) is 3.38. The first kappa shape index (κ1) is 12.4. The molecule has 5 nitrogen and oxygen atoms in total. The lowest BCUT2D eigenvalue weighted by atomic mass is 10.2. The number of nitrogens with zero attached hydrogens (tertiary/aromatic N) is 2. The average Bonchev–Trinajstić information content (AvgIpc) is 2.87. The Kier molecular flexibility index (Phi) is 4.02. The first-order valence-corrected chi connectivity index (χ1v) is 6.09. The van der Waals surface area contributed by atoms with Crippen LogP contribution in [0, 0.1) is 6.92 Å². The van der Waals surface area contributed by atoms with Crippen LogP contribution in [0.25, 0.3) is 0 Å². The van der Waals surface area contributed by atoms with Gasteiger partial charge in [0.05, 0.1) is 24.9 Å². The van der Waals surface area contributed by atoms with Crippen LogP contribution in [0.3, 0.4) is 0 Å². The largest absolute Gasteiger partial charge is 0.383 e. The molecule has 1 N–H and O–H groups in total. The van der Waals surface area contributed by atoms with Gasteiger partial charge in [0.15, 0.2) is 0 Å². The lowest BCUT2D eigenvalue weighted by Gasteiger charge is -2.18. The van der Waals surface area contributed by atoms with Crippen molar-refractivity contribution in [2.75, 3.05) is 32.2 Å². The molecule has 0 saturated carbocycles. The summed E-state index contributed by atoms with van der Waals surface area (Å²) >= 11 is 0. The summed E-state index contributed by atoms with van der Waals surface area (Å²) in [5.41, 5.74) is 1.03. The molecule has 1 aromatic rings. The molecule has 0 aliphatic carbocycles. The van der Waals surface area contributed by atoms with E-state index in [9.17, 15) is 0 Å². The normalized spacial score (nSPS) is 21.7. The molecule has 0 aromatic carbocycles. The van der Waals surface area contributed by atoms with E-state index in [0.29, 0.717) is 12.6 Å². The van der Waals surface area contributed by atoms with Crippen LogP contribution in [0.1, 0.15) is 25.1 Å². The average molecular weight is 239 g/mol. The van der Waals surface area contributed by atoms with Gasteiger partial charge in [-0.3, -0.25) is 0 Å². The number of ether oxygens (including phenoxy) is 2. The minimum atomic E-state index is 0.253. The number of nitrogens with one attached hydrogen (secondary N) is 1. The number of imidazole rings is 1. The molecule has 2 heterocycles. The topological polar surface area (TPSA) is 48.3 Å². The van der Waals surface area contributed by atoms with Crippen LogP contribution in [0.5, 0.6) is 0 Å². The smallest absolute Gasteiger partial charge is 0.203 e. The third kappa shape index (κ3) is 2.98. The highest BCUT2D eigenvalue weighted by Crippen LogP contribution is 2.24. The van der Waals surface area contributed by atoms with E-state index in [2.05, 4.69) is 28.0 Å². The van der Waals surface area contributed by atoms with Crippen LogP contribution < -0.4 is 5.32 Å². The van der Waals surface area contributed by atoms with E-state index in [0.717, 1.165) is 31.3 Å². The first-order chi connectivity index (χ1) is 8.20. The minimum absolute atomic E-state index is 0.253. The molecule has 0 radical (unpaired) electrons. The van der Waals surface area contributed by atoms with Crippen molar-refractivity contribution in [3.05, 3.63) is 11.9 Å². The molecule has 96 valence electrons. The number of aromatic nitrogens is 2. The minimum Gasteiger partial charge on any atom is -0.383 e. The van der Waals surface area contributed by atoms with E-state index in [-0.39, 0.29) is 6.04 Å². The van der Waals surface area contributed by atoms with Gasteiger partial charge in [0.2, 0.25) is 5.95 Å². The Morgan fingerprint density at radius 1 is 1.71 bits per heavy atom. The zero-order valence-electron chi connectivity index (χ0n) is 10.8. The van der Waals surface area contributed by atoms with Crippen molar-refractivity contribution in [1.29, 1.82) is 0 Å². The van der Waals surface area contributed by atoms with Gasteiger partial charge >= 0.3 is 0 Å². The highest BCUT2D eigenvalue weighted by atomic mass is 16.5. The SMILES string of the molecule is COCC(C)Nc1nc(C)cn1C1CCOC1. The quantitative estimate of drug-likeness (QED) is 0.848. The zero-order valence-corrected chi connectivity index (χ0v) is 10.8. The van der Waals surface area contributed by atoms with Gasteiger partial charge in [-0.05, 0) is 20.3 Å². The number of rotatable bonds is 5. The van der Waals surface area contributed by atoms with Gasteiger partial charge in [-0.15, -0.1) is 0 Å². The summed E-state index contributed by atoms with van der Waals surface area (Å²) in [4.78, 5) is 4.52. The van der Waals surface area contributed by atoms with E-state index in [1.54, 1.807) is 7.11 Å². The molecule has 1 aromatic heterocycles. The van der Waals surface area contributed by atoms with Crippen molar-refractivity contribution < 1.29 is 9.47 Å². The molecule has 1 aliphatic heterocycles. The second kappa shape index (κ2) is 5.51. The third-order valence-corrected chi connectivity index (χ3v) is 2.94. The second-order valence-corrected chi connectivity index (χ2v) is 4.63. The fourth-order valence-electron chi connectivity index (χ4n) is 2.15. The molecule has 17 heavy (non-hydrogen) atoms. The van der Waals surface area contributed by atoms with E-state index in [1.165, 1.54) is 0 Å². The first-order valence-electron chi connectivity index (χ1n) is 6.09. The van der Waals surface area contributed by atoms with Gasteiger partial charge in [0, 0.05) is 26.0 Å². The maximum Gasteiger partial charge on any atom is 0.203 e. The molecule has 5 heteroatoms. The standard InChI is InChI=1S/C12H21N3O2/c1-9-6-15(11-4-5-17-8-11)12(13-9)14-10(2)7-16-3/h6,10-11H,4-5,7-8H2,1-3H3,(H,13,14). The summed E-state index contributed by atoms with van der Waals surface area (Å²) in [7, 11) is 1.71. The third-order valence-electron chi connectivity index (χ3n) is 2.94. The molecular formula is C12H21N3O2. The van der Waals surface area contributed by atoms with Gasteiger partial charge < -0.3 is 19.4 Å². The van der Waals surface area contributed by atoms with E-state index in [4.69, 9.17) is 9.47 Å². The summed E-state index contributed by atoms with van der Waals surface area (Å²) < 4.78 is 12.7. The number of aryl methyl sites for hydroxylation is 1. The van der Waals surface area contributed by atoms with E-state index >= 15 is 0 Å². The lowest BCUT2D eigenvalue weighted by molar-refractivity contribution is 0.185. The van der Waals surface area contributed by atoms with Gasteiger partial charge in [-0.2, -0.15) is 0 Å². The van der Waals surface area contributed by atoms with Crippen molar-refractivity contribution in [2.45, 2.75) is 32.4 Å². The van der Waals surface area contributed by atoms with Crippen molar-refractivity contribution in [1.82, 2.24) is 9.55 Å². The fourth-order valence-corrected chi connectivity index (χ4v) is 2.15. The Hall–Kier alpha value is -1.07. The Balaban J connectivity index is 2.09. The summed E-state index contributed by atoms with van der Waals surface area (Å²) in [5.74, 6) is 0.919. The van der Waals surface area contributed by atoms with Crippen LogP contribution in [0.4, 0.5) is 5.95 Å². The second-order valence-electron chi connectivity index (χ2n) is 4.63. The molecule has 1 aliphatic rings. The van der Waals surface area contributed by atoms with Crippen LogP contribution in [-0.4, -0.2) is 42.5 Å². The Bertz CT molecular complexity index is 359. The van der Waals surface area contributed by atoms with Crippen LogP contribution in [0.2, 0.25) is 0 Å². The molecule has 0 amide bonds. The Labute approximate surface area is 102 Å². The molecule has 2 unspecified atom stereocenters. The number of hydrogen-bond acceptors (Lipinski definition) is 4. The maximum atomic E-state index is 5.43. The van der Waals surface area contributed by atoms with Crippen molar-refractivity contribution >= 4 is 5.95 Å². The molecule has 1 fully saturated rings.